The average Bonchev–Trinajstić information content (AvgIpc) is 2.54. The molecule has 0 bridgehead atoms. The molecule has 3 rings (SSSR count). The fourth-order valence-corrected chi connectivity index (χ4v) is 2.73. The molecule has 1 atom stereocenters. The summed E-state index contributed by atoms with van der Waals surface area (Å²) < 4.78 is 11.0. The standard InChI is InChI=1S/C16H20N2O3.ClH/c1-20-14-6-2-4-11-8-12(10-21-15(11)14)16(19)18-13-5-3-7-17-9-13;/h2,4,6,8,13,17H,3,5,7,9-10H2,1H3,(H,18,19);1H/t13-;/m0./s1. The number of rotatable bonds is 3. The summed E-state index contributed by atoms with van der Waals surface area (Å²) in [6, 6.07) is 5.88. The maximum atomic E-state index is 12.3. The predicted octanol–water partition coefficient (Wildman–Crippen LogP) is 1.76. The molecule has 0 radical (unpaired) electrons. The number of para-hydroxylation sites is 1. The lowest BCUT2D eigenvalue weighted by atomic mass is 10.0. The van der Waals surface area contributed by atoms with Gasteiger partial charge in [-0.2, -0.15) is 0 Å². The van der Waals surface area contributed by atoms with Crippen LogP contribution in [0.4, 0.5) is 0 Å². The first-order valence-corrected chi connectivity index (χ1v) is 7.30. The van der Waals surface area contributed by atoms with Gasteiger partial charge in [0.1, 0.15) is 6.61 Å². The van der Waals surface area contributed by atoms with Crippen molar-refractivity contribution in [1.29, 1.82) is 0 Å². The third-order valence-corrected chi connectivity index (χ3v) is 3.85. The third kappa shape index (κ3) is 3.54. The molecule has 0 unspecified atom stereocenters. The highest BCUT2D eigenvalue weighted by Crippen LogP contribution is 2.35. The highest BCUT2D eigenvalue weighted by atomic mass is 35.5. The van der Waals surface area contributed by atoms with E-state index in [1.165, 1.54) is 0 Å². The summed E-state index contributed by atoms with van der Waals surface area (Å²) in [6.45, 7) is 2.15. The Kier molecular flexibility index (Phi) is 5.69. The number of amides is 1. The molecule has 1 amide bonds. The van der Waals surface area contributed by atoms with Gasteiger partial charge in [0.2, 0.25) is 0 Å². The van der Waals surface area contributed by atoms with Crippen LogP contribution < -0.4 is 20.1 Å². The van der Waals surface area contributed by atoms with Crippen LogP contribution in [0.2, 0.25) is 0 Å². The lowest BCUT2D eigenvalue weighted by molar-refractivity contribution is -0.118. The molecule has 0 aromatic heterocycles. The monoisotopic (exact) mass is 324 g/mol. The Morgan fingerprint density at radius 2 is 2.32 bits per heavy atom. The summed E-state index contributed by atoms with van der Waals surface area (Å²) in [5.41, 5.74) is 1.54. The van der Waals surface area contributed by atoms with Gasteiger partial charge in [-0.25, -0.2) is 0 Å². The van der Waals surface area contributed by atoms with E-state index in [1.54, 1.807) is 7.11 Å². The number of carbonyl (C=O) groups is 1. The summed E-state index contributed by atoms with van der Waals surface area (Å²) in [6.07, 6.45) is 4.00. The number of nitrogens with one attached hydrogen (secondary N) is 2. The number of benzene rings is 1. The minimum absolute atomic E-state index is 0. The second kappa shape index (κ2) is 7.51. The van der Waals surface area contributed by atoms with Crippen molar-refractivity contribution in [3.05, 3.63) is 29.3 Å². The van der Waals surface area contributed by atoms with E-state index >= 15 is 0 Å². The van der Waals surface area contributed by atoms with Gasteiger partial charge in [0.05, 0.1) is 12.7 Å². The molecule has 22 heavy (non-hydrogen) atoms. The Bertz CT molecular complexity index is 569. The topological polar surface area (TPSA) is 59.6 Å². The molecule has 2 heterocycles. The largest absolute Gasteiger partial charge is 0.493 e. The van der Waals surface area contributed by atoms with Crippen LogP contribution in [0.1, 0.15) is 18.4 Å². The number of hydrogen-bond acceptors (Lipinski definition) is 4. The zero-order valence-corrected chi connectivity index (χ0v) is 13.4. The Balaban J connectivity index is 0.00000176. The molecule has 1 fully saturated rings. The average molecular weight is 325 g/mol. The van der Waals surface area contributed by atoms with Crippen LogP contribution in [0.15, 0.2) is 23.8 Å². The van der Waals surface area contributed by atoms with Crippen LogP contribution in [0.3, 0.4) is 0 Å². The fraction of sp³-hybridized carbons (Fsp3) is 0.438. The van der Waals surface area contributed by atoms with Gasteiger partial charge >= 0.3 is 0 Å². The number of ether oxygens (including phenoxy) is 2. The molecule has 0 spiro atoms. The lowest BCUT2D eigenvalue weighted by Gasteiger charge is -2.25. The fourth-order valence-electron chi connectivity index (χ4n) is 2.73. The van der Waals surface area contributed by atoms with Gasteiger partial charge in [-0.05, 0) is 31.5 Å². The van der Waals surface area contributed by atoms with E-state index < -0.39 is 0 Å². The van der Waals surface area contributed by atoms with Crippen molar-refractivity contribution in [2.24, 2.45) is 0 Å². The van der Waals surface area contributed by atoms with Crippen LogP contribution in [-0.4, -0.2) is 38.8 Å². The van der Waals surface area contributed by atoms with E-state index in [1.807, 2.05) is 24.3 Å². The van der Waals surface area contributed by atoms with Crippen LogP contribution in [-0.2, 0) is 4.79 Å². The van der Waals surface area contributed by atoms with Crippen molar-refractivity contribution in [2.45, 2.75) is 18.9 Å². The summed E-state index contributed by atoms with van der Waals surface area (Å²) in [7, 11) is 1.61. The number of fused-ring (bicyclic) bond motifs is 1. The van der Waals surface area contributed by atoms with Crippen molar-refractivity contribution >= 4 is 24.4 Å². The Morgan fingerprint density at radius 1 is 1.45 bits per heavy atom. The van der Waals surface area contributed by atoms with Crippen molar-refractivity contribution in [3.63, 3.8) is 0 Å². The van der Waals surface area contributed by atoms with Crippen molar-refractivity contribution in [3.8, 4) is 11.5 Å². The van der Waals surface area contributed by atoms with E-state index in [-0.39, 0.29) is 31.0 Å². The molecule has 1 saturated heterocycles. The van der Waals surface area contributed by atoms with Gasteiger partial charge < -0.3 is 20.1 Å². The molecule has 2 aliphatic heterocycles. The van der Waals surface area contributed by atoms with E-state index in [2.05, 4.69) is 10.6 Å². The highest BCUT2D eigenvalue weighted by molar-refractivity contribution is 5.99. The summed E-state index contributed by atoms with van der Waals surface area (Å²) >= 11 is 0. The Morgan fingerprint density at radius 3 is 3.05 bits per heavy atom. The SMILES string of the molecule is COc1cccc2c1OCC(C(=O)N[C@H]1CCCNC1)=C2.Cl. The van der Waals surface area contributed by atoms with Crippen molar-refractivity contribution < 1.29 is 14.3 Å². The highest BCUT2D eigenvalue weighted by Gasteiger charge is 2.22. The second-order valence-corrected chi connectivity index (χ2v) is 5.35. The lowest BCUT2D eigenvalue weighted by Crippen LogP contribution is -2.46. The third-order valence-electron chi connectivity index (χ3n) is 3.85. The predicted molar refractivity (Wildman–Crippen MR) is 87.7 cm³/mol. The minimum Gasteiger partial charge on any atom is -0.493 e. The first-order chi connectivity index (χ1) is 10.3. The van der Waals surface area contributed by atoms with Gasteiger partial charge in [0, 0.05) is 18.2 Å². The number of piperidine rings is 1. The molecule has 0 aliphatic carbocycles. The second-order valence-electron chi connectivity index (χ2n) is 5.35. The van der Waals surface area contributed by atoms with Crippen LogP contribution >= 0.6 is 12.4 Å². The molecule has 0 saturated carbocycles. The van der Waals surface area contributed by atoms with E-state index in [0.29, 0.717) is 17.1 Å². The zero-order chi connectivity index (χ0) is 14.7. The number of methoxy groups -OCH3 is 1. The first-order valence-electron chi connectivity index (χ1n) is 7.30. The van der Waals surface area contributed by atoms with Gasteiger partial charge in [0.15, 0.2) is 11.5 Å². The maximum Gasteiger partial charge on any atom is 0.250 e. The van der Waals surface area contributed by atoms with Crippen LogP contribution in [0.5, 0.6) is 11.5 Å². The minimum atomic E-state index is -0.0443. The molecule has 5 nitrogen and oxygen atoms in total. The molecule has 1 aromatic rings. The summed E-state index contributed by atoms with van der Waals surface area (Å²) in [4.78, 5) is 12.3. The summed E-state index contributed by atoms with van der Waals surface area (Å²) in [5, 5.41) is 6.36. The van der Waals surface area contributed by atoms with Crippen molar-refractivity contribution in [2.75, 3.05) is 26.8 Å². The van der Waals surface area contributed by atoms with E-state index in [0.717, 1.165) is 31.5 Å². The maximum absolute atomic E-state index is 12.3. The van der Waals surface area contributed by atoms with Crippen molar-refractivity contribution in [1.82, 2.24) is 10.6 Å². The Hall–Kier alpha value is -1.72. The zero-order valence-electron chi connectivity index (χ0n) is 12.6. The molecule has 2 N–H and O–H groups in total. The summed E-state index contributed by atoms with van der Waals surface area (Å²) in [5.74, 6) is 1.35. The Labute approximate surface area is 136 Å². The van der Waals surface area contributed by atoms with Crippen LogP contribution in [0, 0.1) is 0 Å². The molecule has 1 aromatic carbocycles. The molecule has 6 heteroatoms. The van der Waals surface area contributed by atoms with E-state index in [9.17, 15) is 4.79 Å². The number of halogens is 1. The number of hydrogen-bond donors (Lipinski definition) is 2. The molecule has 120 valence electrons. The number of carbonyl (C=O) groups excluding carboxylic acids is 1. The van der Waals surface area contributed by atoms with Gasteiger partial charge in [-0.15, -0.1) is 12.4 Å². The van der Waals surface area contributed by atoms with Crippen LogP contribution in [0.25, 0.3) is 6.08 Å². The molecular formula is C16H21ClN2O3. The van der Waals surface area contributed by atoms with Gasteiger partial charge in [-0.3, -0.25) is 4.79 Å². The van der Waals surface area contributed by atoms with Gasteiger partial charge in [0.25, 0.3) is 5.91 Å². The smallest absolute Gasteiger partial charge is 0.250 e. The first kappa shape index (κ1) is 16.6. The quantitative estimate of drug-likeness (QED) is 0.889. The molecular weight excluding hydrogens is 304 g/mol. The normalized spacial score (nSPS) is 19.9. The molecule has 2 aliphatic rings. The van der Waals surface area contributed by atoms with E-state index in [4.69, 9.17) is 9.47 Å². The van der Waals surface area contributed by atoms with Gasteiger partial charge in [-0.1, -0.05) is 12.1 Å².